The van der Waals surface area contributed by atoms with E-state index >= 15 is 0 Å². The van der Waals surface area contributed by atoms with E-state index in [2.05, 4.69) is 55.4 Å². The summed E-state index contributed by atoms with van der Waals surface area (Å²) in [5.74, 6) is 0.403. The van der Waals surface area contributed by atoms with Gasteiger partial charge < -0.3 is 10.2 Å². The van der Waals surface area contributed by atoms with E-state index in [0.29, 0.717) is 0 Å². The predicted octanol–water partition coefficient (Wildman–Crippen LogP) is 4.63. The van der Waals surface area contributed by atoms with Crippen LogP contribution in [0.25, 0.3) is 0 Å². The Hall–Kier alpha value is -0.0800. The standard InChI is InChI=1S/C20H38O2/c1-17(2)9-13(15(21)19(5,6)11-17)14-10-18(3,4)12-20(7,8)16(14)22/h13-16,21-22H,9-12H2,1-8H3/t13?,14?,15-,16+. The fourth-order valence-electron chi connectivity index (χ4n) is 6.25. The normalized spacial score (nSPS) is 42.8. The molecular formula is C20H38O2. The Kier molecular flexibility index (Phi) is 4.32. The summed E-state index contributed by atoms with van der Waals surface area (Å²) in [5, 5.41) is 22.1. The topological polar surface area (TPSA) is 40.5 Å². The third-order valence-corrected chi connectivity index (χ3v) is 6.41. The molecule has 0 radical (unpaired) electrons. The van der Waals surface area contributed by atoms with Gasteiger partial charge in [0, 0.05) is 0 Å². The van der Waals surface area contributed by atoms with E-state index in [9.17, 15) is 10.2 Å². The van der Waals surface area contributed by atoms with Crippen LogP contribution in [-0.4, -0.2) is 22.4 Å². The van der Waals surface area contributed by atoms with E-state index in [0.717, 1.165) is 25.7 Å². The van der Waals surface area contributed by atoms with Crippen LogP contribution in [0.15, 0.2) is 0 Å². The Bertz CT molecular complexity index is 379. The predicted molar refractivity (Wildman–Crippen MR) is 92.6 cm³/mol. The molecule has 2 nitrogen and oxygen atoms in total. The van der Waals surface area contributed by atoms with Crippen molar-refractivity contribution in [2.24, 2.45) is 33.5 Å². The van der Waals surface area contributed by atoms with Crippen molar-refractivity contribution in [2.75, 3.05) is 0 Å². The molecule has 2 unspecified atom stereocenters. The van der Waals surface area contributed by atoms with Gasteiger partial charge in [0.25, 0.3) is 0 Å². The minimum Gasteiger partial charge on any atom is -0.392 e. The van der Waals surface area contributed by atoms with Crippen molar-refractivity contribution in [2.45, 2.75) is 93.3 Å². The van der Waals surface area contributed by atoms with E-state index < -0.39 is 0 Å². The fraction of sp³-hybridized carbons (Fsp3) is 1.00. The molecule has 2 heteroatoms. The first-order valence-electron chi connectivity index (χ1n) is 9.03. The lowest BCUT2D eigenvalue weighted by molar-refractivity contribution is -0.157. The lowest BCUT2D eigenvalue weighted by Gasteiger charge is -2.57. The second-order valence-corrected chi connectivity index (χ2v) is 11.3. The number of rotatable bonds is 1. The van der Waals surface area contributed by atoms with Crippen LogP contribution in [0.5, 0.6) is 0 Å². The van der Waals surface area contributed by atoms with Crippen LogP contribution in [0.2, 0.25) is 0 Å². The van der Waals surface area contributed by atoms with E-state index in [-0.39, 0.29) is 45.7 Å². The Balaban J connectivity index is 2.35. The third kappa shape index (κ3) is 3.38. The summed E-state index contributed by atoms with van der Waals surface area (Å²) < 4.78 is 0. The minimum atomic E-state index is -0.315. The molecule has 2 N–H and O–H groups in total. The van der Waals surface area contributed by atoms with Gasteiger partial charge in [0.05, 0.1) is 12.2 Å². The minimum absolute atomic E-state index is 0.0716. The zero-order valence-electron chi connectivity index (χ0n) is 16.0. The smallest absolute Gasteiger partial charge is 0.0623 e. The van der Waals surface area contributed by atoms with Gasteiger partial charge in [-0.3, -0.25) is 0 Å². The van der Waals surface area contributed by atoms with Crippen LogP contribution in [-0.2, 0) is 0 Å². The second-order valence-electron chi connectivity index (χ2n) is 11.3. The van der Waals surface area contributed by atoms with Crippen LogP contribution in [0.3, 0.4) is 0 Å². The highest BCUT2D eigenvalue weighted by molar-refractivity contribution is 5.04. The first kappa shape index (κ1) is 18.3. The Labute approximate surface area is 137 Å². The molecule has 0 bridgehead atoms. The summed E-state index contributed by atoms with van der Waals surface area (Å²) in [5.41, 5.74) is 0.327. The van der Waals surface area contributed by atoms with Crippen molar-refractivity contribution < 1.29 is 10.2 Å². The first-order valence-corrected chi connectivity index (χ1v) is 9.03. The lowest BCUT2D eigenvalue weighted by atomic mass is 9.51. The van der Waals surface area contributed by atoms with E-state index in [1.54, 1.807) is 0 Å². The number of aliphatic hydroxyl groups excluding tert-OH is 2. The molecule has 2 saturated carbocycles. The van der Waals surface area contributed by atoms with E-state index in [4.69, 9.17) is 0 Å². The Morgan fingerprint density at radius 3 is 1.14 bits per heavy atom. The van der Waals surface area contributed by atoms with Gasteiger partial charge in [-0.1, -0.05) is 55.4 Å². The molecule has 0 aromatic heterocycles. The molecule has 0 aromatic carbocycles. The molecular weight excluding hydrogens is 272 g/mol. The molecule has 0 saturated heterocycles. The third-order valence-electron chi connectivity index (χ3n) is 6.41. The molecule has 2 fully saturated rings. The van der Waals surface area contributed by atoms with E-state index in [1.165, 1.54) is 0 Å². The summed E-state index contributed by atoms with van der Waals surface area (Å²) in [6.07, 6.45) is 3.51. The van der Waals surface area contributed by atoms with Crippen molar-refractivity contribution in [3.05, 3.63) is 0 Å². The maximum Gasteiger partial charge on any atom is 0.0623 e. The Morgan fingerprint density at radius 2 is 0.864 bits per heavy atom. The largest absolute Gasteiger partial charge is 0.392 e. The van der Waals surface area contributed by atoms with Crippen LogP contribution in [0.1, 0.15) is 81.1 Å². The highest BCUT2D eigenvalue weighted by atomic mass is 16.3. The van der Waals surface area contributed by atoms with Gasteiger partial charge in [-0.15, -0.1) is 0 Å². The van der Waals surface area contributed by atoms with Crippen LogP contribution in [0.4, 0.5) is 0 Å². The SMILES string of the molecule is CC1(C)CC(C2CC(C)(C)CC(C)(C)[C@H]2O)[C@@H](O)C(C)(C)C1. The molecule has 0 heterocycles. The summed E-state index contributed by atoms with van der Waals surface area (Å²) in [7, 11) is 0. The summed E-state index contributed by atoms with van der Waals surface area (Å²) >= 11 is 0. The number of hydrogen-bond acceptors (Lipinski definition) is 2. The van der Waals surface area contributed by atoms with Crippen LogP contribution < -0.4 is 0 Å². The molecule has 130 valence electrons. The summed E-state index contributed by atoms with van der Waals surface area (Å²) in [4.78, 5) is 0. The highest BCUT2D eigenvalue weighted by Gasteiger charge is 2.54. The summed E-state index contributed by atoms with van der Waals surface area (Å²) in [6, 6.07) is 0. The van der Waals surface area contributed by atoms with Gasteiger partial charge in [-0.2, -0.15) is 0 Å². The van der Waals surface area contributed by atoms with Crippen molar-refractivity contribution in [3.63, 3.8) is 0 Å². The van der Waals surface area contributed by atoms with Crippen molar-refractivity contribution in [1.29, 1.82) is 0 Å². The van der Waals surface area contributed by atoms with Crippen molar-refractivity contribution in [1.82, 2.24) is 0 Å². The Morgan fingerprint density at radius 1 is 0.591 bits per heavy atom. The summed E-state index contributed by atoms with van der Waals surface area (Å²) in [6.45, 7) is 18.0. The molecule has 22 heavy (non-hydrogen) atoms. The van der Waals surface area contributed by atoms with Gasteiger partial charge in [0.2, 0.25) is 0 Å². The van der Waals surface area contributed by atoms with Crippen molar-refractivity contribution >= 4 is 0 Å². The maximum atomic E-state index is 11.0. The van der Waals surface area contributed by atoms with Crippen molar-refractivity contribution in [3.8, 4) is 0 Å². The molecule has 2 aliphatic rings. The van der Waals surface area contributed by atoms with Gasteiger partial charge in [0.1, 0.15) is 0 Å². The molecule has 0 spiro atoms. The molecule has 2 aliphatic carbocycles. The average molecular weight is 311 g/mol. The second kappa shape index (κ2) is 5.21. The lowest BCUT2D eigenvalue weighted by Crippen LogP contribution is -2.55. The van der Waals surface area contributed by atoms with Gasteiger partial charge in [0.15, 0.2) is 0 Å². The van der Waals surface area contributed by atoms with Crippen LogP contribution >= 0.6 is 0 Å². The quantitative estimate of drug-likeness (QED) is 0.741. The molecule has 0 aromatic rings. The molecule has 0 amide bonds. The zero-order chi connectivity index (χ0) is 17.1. The van der Waals surface area contributed by atoms with Gasteiger partial charge in [-0.05, 0) is 59.2 Å². The highest BCUT2D eigenvalue weighted by Crippen LogP contribution is 2.57. The molecule has 0 aliphatic heterocycles. The monoisotopic (exact) mass is 310 g/mol. The van der Waals surface area contributed by atoms with E-state index in [1.807, 2.05) is 0 Å². The first-order chi connectivity index (χ1) is 9.67. The van der Waals surface area contributed by atoms with Gasteiger partial charge in [-0.25, -0.2) is 0 Å². The molecule has 4 atom stereocenters. The number of hydrogen-bond donors (Lipinski definition) is 2. The number of aliphatic hydroxyl groups is 2. The van der Waals surface area contributed by atoms with Gasteiger partial charge >= 0.3 is 0 Å². The fourth-order valence-corrected chi connectivity index (χ4v) is 6.25. The van der Waals surface area contributed by atoms with Crippen LogP contribution in [0, 0.1) is 33.5 Å². The molecule has 2 rings (SSSR count). The zero-order valence-corrected chi connectivity index (χ0v) is 16.0. The maximum absolute atomic E-state index is 11.0. The average Bonchev–Trinajstić information content (AvgIpc) is 2.26.